The number of benzene rings is 4. The van der Waals surface area contributed by atoms with Crippen molar-refractivity contribution in [2.24, 2.45) is 0 Å². The van der Waals surface area contributed by atoms with Crippen LogP contribution in [0.4, 0.5) is 0 Å². The van der Waals surface area contributed by atoms with E-state index in [-0.39, 0.29) is 5.78 Å². The highest BCUT2D eigenvalue weighted by molar-refractivity contribution is 5.98. The minimum atomic E-state index is -0.924. The van der Waals surface area contributed by atoms with E-state index in [1.54, 1.807) is 13.8 Å². The largest absolute Gasteiger partial charge is 0.478 e. The van der Waals surface area contributed by atoms with Gasteiger partial charge >= 0.3 is 5.97 Å². The fourth-order valence-corrected chi connectivity index (χ4v) is 6.08. The molecule has 0 amide bonds. The number of aryl methyl sites for hydroxylation is 6. The van der Waals surface area contributed by atoms with E-state index in [9.17, 15) is 19.8 Å². The SMILES string of the molecule is CC(=O)c1c(C)cc(-c2cc(-c3cc(C)c(C(=O)O)c(C)c3)cc(-c3cc(C)c(C(C)O)c(C)c3)c2)cc1C. The lowest BCUT2D eigenvalue weighted by molar-refractivity contribution is 0.0695. The number of carboxylic acid groups (broad SMARTS) is 1. The van der Waals surface area contributed by atoms with Crippen molar-refractivity contribution in [3.63, 3.8) is 0 Å². The molecule has 0 radical (unpaired) electrons. The maximum Gasteiger partial charge on any atom is 0.336 e. The van der Waals surface area contributed by atoms with Gasteiger partial charge in [0.15, 0.2) is 5.78 Å². The predicted octanol–water partition coefficient (Wildman–Crippen LogP) is 8.49. The zero-order chi connectivity index (χ0) is 28.8. The van der Waals surface area contributed by atoms with Crippen molar-refractivity contribution in [2.45, 2.75) is 61.5 Å². The molecule has 0 saturated heterocycles. The Morgan fingerprint density at radius 2 is 0.821 bits per heavy atom. The molecule has 1 unspecified atom stereocenters. The molecule has 4 aromatic carbocycles. The van der Waals surface area contributed by atoms with Crippen molar-refractivity contribution >= 4 is 11.8 Å². The molecule has 0 aromatic heterocycles. The van der Waals surface area contributed by atoms with Crippen LogP contribution >= 0.6 is 0 Å². The molecule has 0 heterocycles. The Morgan fingerprint density at radius 3 is 1.10 bits per heavy atom. The molecule has 0 aliphatic carbocycles. The van der Waals surface area contributed by atoms with E-state index in [0.717, 1.165) is 77.9 Å². The minimum Gasteiger partial charge on any atom is -0.478 e. The van der Waals surface area contributed by atoms with Crippen LogP contribution in [0.15, 0.2) is 54.6 Å². The molecule has 0 fully saturated rings. The molecule has 4 nitrogen and oxygen atoms in total. The lowest BCUT2D eigenvalue weighted by Crippen LogP contribution is -2.03. The van der Waals surface area contributed by atoms with Gasteiger partial charge in [-0.3, -0.25) is 4.79 Å². The van der Waals surface area contributed by atoms with Gasteiger partial charge in [-0.2, -0.15) is 0 Å². The number of aliphatic hydroxyl groups excluding tert-OH is 1. The first-order valence-corrected chi connectivity index (χ1v) is 13.2. The highest BCUT2D eigenvalue weighted by Crippen LogP contribution is 2.37. The molecule has 39 heavy (non-hydrogen) atoms. The van der Waals surface area contributed by atoms with Crippen molar-refractivity contribution in [1.82, 2.24) is 0 Å². The number of hydrogen-bond donors (Lipinski definition) is 2. The molecule has 2 N–H and O–H groups in total. The summed E-state index contributed by atoms with van der Waals surface area (Å²) in [5.74, 6) is -0.869. The fourth-order valence-electron chi connectivity index (χ4n) is 6.08. The number of carboxylic acids is 1. The highest BCUT2D eigenvalue weighted by Gasteiger charge is 2.17. The molecular formula is C35H36O4. The number of ketones is 1. The number of carbonyl (C=O) groups excluding carboxylic acids is 1. The molecular weight excluding hydrogens is 484 g/mol. The summed E-state index contributed by atoms with van der Waals surface area (Å²) in [6, 6.07) is 18.6. The molecule has 4 aromatic rings. The summed E-state index contributed by atoms with van der Waals surface area (Å²) in [4.78, 5) is 24.0. The van der Waals surface area contributed by atoms with Crippen LogP contribution in [0, 0.1) is 41.5 Å². The van der Waals surface area contributed by atoms with Gasteiger partial charge in [-0.25, -0.2) is 4.79 Å². The molecule has 0 aliphatic rings. The highest BCUT2D eigenvalue weighted by atomic mass is 16.4. The summed E-state index contributed by atoms with van der Waals surface area (Å²) in [5.41, 5.74) is 13.4. The van der Waals surface area contributed by atoms with Gasteiger partial charge in [-0.15, -0.1) is 0 Å². The fraction of sp³-hybridized carbons (Fsp3) is 0.257. The number of rotatable bonds is 6. The lowest BCUT2D eigenvalue weighted by Gasteiger charge is -2.18. The molecule has 1 atom stereocenters. The van der Waals surface area contributed by atoms with E-state index in [1.807, 2.05) is 53.7 Å². The van der Waals surface area contributed by atoms with Crippen LogP contribution in [-0.4, -0.2) is 22.0 Å². The normalized spacial score (nSPS) is 11.9. The Balaban J connectivity index is 2.00. The van der Waals surface area contributed by atoms with Gasteiger partial charge in [0.1, 0.15) is 0 Å². The van der Waals surface area contributed by atoms with Crippen LogP contribution in [0.5, 0.6) is 0 Å². The first-order chi connectivity index (χ1) is 18.3. The molecule has 0 aliphatic heterocycles. The summed E-state index contributed by atoms with van der Waals surface area (Å²) in [6.07, 6.45) is -0.551. The van der Waals surface area contributed by atoms with E-state index in [2.05, 4.69) is 42.5 Å². The molecule has 0 saturated carbocycles. The van der Waals surface area contributed by atoms with Gasteiger partial charge in [-0.05, 0) is 146 Å². The number of aromatic carboxylic acids is 1. The Hall–Kier alpha value is -4.02. The Bertz CT molecular complexity index is 1480. The Kier molecular flexibility index (Phi) is 7.63. The van der Waals surface area contributed by atoms with Crippen molar-refractivity contribution in [2.75, 3.05) is 0 Å². The quantitative estimate of drug-likeness (QED) is 0.250. The average Bonchev–Trinajstić information content (AvgIpc) is 2.81. The van der Waals surface area contributed by atoms with Crippen LogP contribution < -0.4 is 0 Å². The predicted molar refractivity (Wildman–Crippen MR) is 159 cm³/mol. The summed E-state index contributed by atoms with van der Waals surface area (Å²) in [7, 11) is 0. The topological polar surface area (TPSA) is 74.6 Å². The van der Waals surface area contributed by atoms with Crippen LogP contribution in [0.1, 0.15) is 79.6 Å². The third-order valence-electron chi connectivity index (χ3n) is 7.58. The standard InChI is InChI=1S/C35H36O4/c1-18-9-26(10-19(2)32(18)24(7)36)29-15-30(27-11-20(3)33(25(8)37)21(4)12-27)17-31(16-29)28-13-22(5)34(35(38)39)23(6)14-28/h9-17,24,36H,1-8H3,(H,38,39). The summed E-state index contributed by atoms with van der Waals surface area (Å²) >= 11 is 0. The maximum atomic E-state index is 12.2. The monoisotopic (exact) mass is 520 g/mol. The average molecular weight is 521 g/mol. The third kappa shape index (κ3) is 5.43. The first kappa shape index (κ1) is 28.0. The summed E-state index contributed by atoms with van der Waals surface area (Å²) < 4.78 is 0. The molecule has 4 heteroatoms. The van der Waals surface area contributed by atoms with Gasteiger partial charge in [0.05, 0.1) is 11.7 Å². The smallest absolute Gasteiger partial charge is 0.336 e. The Labute approximate surface area is 231 Å². The third-order valence-corrected chi connectivity index (χ3v) is 7.58. The van der Waals surface area contributed by atoms with Crippen LogP contribution in [0.25, 0.3) is 33.4 Å². The van der Waals surface area contributed by atoms with E-state index >= 15 is 0 Å². The Morgan fingerprint density at radius 1 is 0.538 bits per heavy atom. The second kappa shape index (κ2) is 10.6. The van der Waals surface area contributed by atoms with Gasteiger partial charge in [0.2, 0.25) is 0 Å². The van der Waals surface area contributed by atoms with Gasteiger partial charge in [0, 0.05) is 5.56 Å². The van der Waals surface area contributed by atoms with Crippen LogP contribution in [-0.2, 0) is 0 Å². The number of aliphatic hydroxyl groups is 1. The molecule has 4 rings (SSSR count). The maximum absolute atomic E-state index is 12.2. The summed E-state index contributed by atoms with van der Waals surface area (Å²) in [5, 5.41) is 20.0. The lowest BCUT2D eigenvalue weighted by atomic mass is 9.87. The molecule has 0 bridgehead atoms. The second-order valence-corrected chi connectivity index (χ2v) is 10.8. The van der Waals surface area contributed by atoms with Crippen molar-refractivity contribution < 1.29 is 19.8 Å². The number of carbonyl (C=O) groups is 2. The molecule has 200 valence electrons. The zero-order valence-electron chi connectivity index (χ0n) is 24.0. The van der Waals surface area contributed by atoms with Gasteiger partial charge < -0.3 is 10.2 Å². The molecule has 0 spiro atoms. The minimum absolute atomic E-state index is 0.0552. The van der Waals surface area contributed by atoms with E-state index in [1.165, 1.54) is 0 Å². The zero-order valence-corrected chi connectivity index (χ0v) is 24.0. The van der Waals surface area contributed by atoms with Crippen LogP contribution in [0.2, 0.25) is 0 Å². The first-order valence-electron chi connectivity index (χ1n) is 13.2. The van der Waals surface area contributed by atoms with Gasteiger partial charge in [-0.1, -0.05) is 36.4 Å². The van der Waals surface area contributed by atoms with Gasteiger partial charge in [0.25, 0.3) is 0 Å². The summed E-state index contributed by atoms with van der Waals surface area (Å²) in [6.45, 7) is 15.0. The van der Waals surface area contributed by atoms with Crippen molar-refractivity contribution in [3.8, 4) is 33.4 Å². The van der Waals surface area contributed by atoms with Crippen molar-refractivity contribution in [3.05, 3.63) is 105 Å². The van der Waals surface area contributed by atoms with E-state index in [0.29, 0.717) is 5.56 Å². The number of Topliss-reactive ketones (excluding diaryl/α,β-unsaturated/α-hetero) is 1. The number of hydrogen-bond acceptors (Lipinski definition) is 3. The van der Waals surface area contributed by atoms with Crippen molar-refractivity contribution in [1.29, 1.82) is 0 Å². The van der Waals surface area contributed by atoms with E-state index in [4.69, 9.17) is 0 Å². The van der Waals surface area contributed by atoms with Crippen LogP contribution in [0.3, 0.4) is 0 Å². The second-order valence-electron chi connectivity index (χ2n) is 10.8. The van der Waals surface area contributed by atoms with E-state index < -0.39 is 12.1 Å².